The van der Waals surface area contributed by atoms with Crippen molar-refractivity contribution in [2.24, 2.45) is 0 Å². The highest BCUT2D eigenvalue weighted by atomic mass is 32.2. The van der Waals surface area contributed by atoms with E-state index in [2.05, 4.69) is 16.3 Å². The second-order valence-corrected chi connectivity index (χ2v) is 10.5. The molecule has 172 valence electrons. The van der Waals surface area contributed by atoms with E-state index < -0.39 is 10.0 Å². The van der Waals surface area contributed by atoms with Gasteiger partial charge in [0.15, 0.2) is 0 Å². The zero-order chi connectivity index (χ0) is 23.4. The van der Waals surface area contributed by atoms with Gasteiger partial charge in [0.05, 0.1) is 4.90 Å². The SMILES string of the molecule is Cc1cc(C)cc(NC(=O)c2ccc(CN3CCN(S(=O)(=O)c4ccccc4)CC3)cc2)c1. The van der Waals surface area contributed by atoms with Crippen molar-refractivity contribution in [2.75, 3.05) is 31.5 Å². The van der Waals surface area contributed by atoms with Crippen LogP contribution in [0, 0.1) is 13.8 Å². The summed E-state index contributed by atoms with van der Waals surface area (Å²) in [6, 6.07) is 22.2. The fourth-order valence-electron chi connectivity index (χ4n) is 4.14. The molecule has 1 amide bonds. The van der Waals surface area contributed by atoms with E-state index in [1.54, 1.807) is 28.6 Å². The van der Waals surface area contributed by atoms with Crippen LogP contribution < -0.4 is 5.32 Å². The molecule has 0 aromatic heterocycles. The number of sulfonamides is 1. The Bertz CT molecular complexity index is 1200. The normalized spacial score (nSPS) is 15.3. The van der Waals surface area contributed by atoms with E-state index in [1.165, 1.54) is 0 Å². The van der Waals surface area contributed by atoms with Crippen LogP contribution >= 0.6 is 0 Å². The van der Waals surface area contributed by atoms with Gasteiger partial charge in [-0.05, 0) is 66.9 Å². The predicted octanol–water partition coefficient (Wildman–Crippen LogP) is 4.06. The summed E-state index contributed by atoms with van der Waals surface area (Å²) in [5.41, 5.74) is 4.72. The fraction of sp³-hybridized carbons (Fsp3) is 0.269. The van der Waals surface area contributed by atoms with Crippen LogP contribution in [0.1, 0.15) is 27.0 Å². The summed E-state index contributed by atoms with van der Waals surface area (Å²) in [5.74, 6) is -0.133. The number of nitrogens with zero attached hydrogens (tertiary/aromatic N) is 2. The Morgan fingerprint density at radius 2 is 1.45 bits per heavy atom. The monoisotopic (exact) mass is 463 g/mol. The maximum absolute atomic E-state index is 12.8. The smallest absolute Gasteiger partial charge is 0.255 e. The number of carbonyl (C=O) groups is 1. The fourth-order valence-corrected chi connectivity index (χ4v) is 5.58. The average molecular weight is 464 g/mol. The van der Waals surface area contributed by atoms with Gasteiger partial charge in [-0.1, -0.05) is 36.4 Å². The molecule has 0 unspecified atom stereocenters. The Labute approximate surface area is 195 Å². The number of amides is 1. The molecule has 1 heterocycles. The van der Waals surface area contributed by atoms with Crippen LogP contribution in [-0.4, -0.2) is 49.7 Å². The van der Waals surface area contributed by atoms with Crippen LogP contribution in [-0.2, 0) is 16.6 Å². The summed E-state index contributed by atoms with van der Waals surface area (Å²) >= 11 is 0. The van der Waals surface area contributed by atoms with Gasteiger partial charge in [0.25, 0.3) is 5.91 Å². The second kappa shape index (κ2) is 9.87. The Hall–Kier alpha value is -3.00. The van der Waals surface area contributed by atoms with Gasteiger partial charge >= 0.3 is 0 Å². The highest BCUT2D eigenvalue weighted by Crippen LogP contribution is 2.19. The Kier molecular flexibility index (Phi) is 6.93. The number of nitrogens with one attached hydrogen (secondary N) is 1. The molecule has 6 nitrogen and oxygen atoms in total. The van der Waals surface area contributed by atoms with Crippen molar-refractivity contribution in [3.8, 4) is 0 Å². The van der Waals surface area contributed by atoms with E-state index in [9.17, 15) is 13.2 Å². The number of hydrogen-bond acceptors (Lipinski definition) is 4. The summed E-state index contributed by atoms with van der Waals surface area (Å²) in [6.45, 7) is 7.00. The Morgan fingerprint density at radius 3 is 2.06 bits per heavy atom. The third-order valence-corrected chi connectivity index (χ3v) is 7.73. The molecule has 0 aliphatic carbocycles. The van der Waals surface area contributed by atoms with Crippen molar-refractivity contribution in [3.63, 3.8) is 0 Å². The number of piperazine rings is 1. The molecule has 3 aromatic rings. The first-order valence-electron chi connectivity index (χ1n) is 11.1. The van der Waals surface area contributed by atoms with Crippen LogP contribution in [0.3, 0.4) is 0 Å². The van der Waals surface area contributed by atoms with Crippen LogP contribution in [0.15, 0.2) is 77.7 Å². The van der Waals surface area contributed by atoms with Gasteiger partial charge in [0.1, 0.15) is 0 Å². The molecule has 4 rings (SSSR count). The van der Waals surface area contributed by atoms with Gasteiger partial charge in [-0.3, -0.25) is 9.69 Å². The van der Waals surface area contributed by atoms with E-state index in [0.717, 1.165) is 28.9 Å². The number of hydrogen-bond donors (Lipinski definition) is 1. The van der Waals surface area contributed by atoms with Crippen molar-refractivity contribution in [1.29, 1.82) is 0 Å². The van der Waals surface area contributed by atoms with Gasteiger partial charge in [-0.15, -0.1) is 0 Å². The molecule has 1 aliphatic heterocycles. The van der Waals surface area contributed by atoms with Gasteiger partial charge < -0.3 is 5.32 Å². The summed E-state index contributed by atoms with van der Waals surface area (Å²) in [7, 11) is -3.44. The lowest BCUT2D eigenvalue weighted by Crippen LogP contribution is -2.48. The minimum absolute atomic E-state index is 0.133. The summed E-state index contributed by atoms with van der Waals surface area (Å²) in [4.78, 5) is 15.2. The summed E-state index contributed by atoms with van der Waals surface area (Å²) in [6.07, 6.45) is 0. The second-order valence-electron chi connectivity index (χ2n) is 8.52. The third kappa shape index (κ3) is 5.68. The first kappa shape index (κ1) is 23.2. The van der Waals surface area contributed by atoms with Crippen LogP contribution in [0.2, 0.25) is 0 Å². The van der Waals surface area contributed by atoms with E-state index in [0.29, 0.717) is 36.6 Å². The number of benzene rings is 3. The van der Waals surface area contributed by atoms with Gasteiger partial charge in [-0.25, -0.2) is 8.42 Å². The van der Waals surface area contributed by atoms with Crippen molar-refractivity contribution in [3.05, 3.63) is 95.1 Å². The van der Waals surface area contributed by atoms with Crippen molar-refractivity contribution in [2.45, 2.75) is 25.3 Å². The van der Waals surface area contributed by atoms with Gasteiger partial charge in [0, 0.05) is 44.0 Å². The Morgan fingerprint density at radius 1 is 0.848 bits per heavy atom. The molecule has 1 saturated heterocycles. The predicted molar refractivity (Wildman–Crippen MR) is 131 cm³/mol. The maximum Gasteiger partial charge on any atom is 0.255 e. The van der Waals surface area contributed by atoms with E-state index in [1.807, 2.05) is 56.3 Å². The summed E-state index contributed by atoms with van der Waals surface area (Å²) in [5, 5.41) is 2.96. The standard InChI is InChI=1S/C26H29N3O3S/c1-20-16-21(2)18-24(17-20)27-26(30)23-10-8-22(9-11-23)19-28-12-14-29(15-13-28)33(31,32)25-6-4-3-5-7-25/h3-11,16-18H,12-15,19H2,1-2H3,(H,27,30). The highest BCUT2D eigenvalue weighted by Gasteiger charge is 2.28. The molecular weight excluding hydrogens is 434 g/mol. The first-order valence-corrected chi connectivity index (χ1v) is 12.5. The molecule has 0 saturated carbocycles. The highest BCUT2D eigenvalue weighted by molar-refractivity contribution is 7.89. The third-order valence-electron chi connectivity index (χ3n) is 5.81. The largest absolute Gasteiger partial charge is 0.322 e. The van der Waals surface area contributed by atoms with Crippen LogP contribution in [0.4, 0.5) is 5.69 Å². The number of aryl methyl sites for hydroxylation is 2. The first-order chi connectivity index (χ1) is 15.8. The molecule has 0 atom stereocenters. The molecule has 0 radical (unpaired) electrons. The molecule has 0 spiro atoms. The number of anilines is 1. The van der Waals surface area contributed by atoms with Gasteiger partial charge in [0.2, 0.25) is 10.0 Å². The molecule has 3 aromatic carbocycles. The molecular formula is C26H29N3O3S. The number of rotatable bonds is 6. The lowest BCUT2D eigenvalue weighted by atomic mass is 10.1. The molecule has 0 bridgehead atoms. The molecule has 33 heavy (non-hydrogen) atoms. The molecule has 1 N–H and O–H groups in total. The molecule has 7 heteroatoms. The van der Waals surface area contributed by atoms with Gasteiger partial charge in [-0.2, -0.15) is 4.31 Å². The quantitative estimate of drug-likeness (QED) is 0.599. The number of carbonyl (C=O) groups excluding carboxylic acids is 1. The van der Waals surface area contributed by atoms with E-state index >= 15 is 0 Å². The summed E-state index contributed by atoms with van der Waals surface area (Å²) < 4.78 is 27.1. The van der Waals surface area contributed by atoms with E-state index in [-0.39, 0.29) is 5.91 Å². The Balaban J connectivity index is 1.32. The van der Waals surface area contributed by atoms with Crippen molar-refractivity contribution >= 4 is 21.6 Å². The minimum Gasteiger partial charge on any atom is -0.322 e. The van der Waals surface area contributed by atoms with Crippen LogP contribution in [0.5, 0.6) is 0 Å². The van der Waals surface area contributed by atoms with E-state index in [4.69, 9.17) is 0 Å². The van der Waals surface area contributed by atoms with Crippen molar-refractivity contribution < 1.29 is 13.2 Å². The van der Waals surface area contributed by atoms with Crippen molar-refractivity contribution in [1.82, 2.24) is 9.21 Å². The molecule has 1 fully saturated rings. The lowest BCUT2D eigenvalue weighted by molar-refractivity contribution is 0.102. The maximum atomic E-state index is 12.8. The lowest BCUT2D eigenvalue weighted by Gasteiger charge is -2.34. The minimum atomic E-state index is -3.44. The zero-order valence-electron chi connectivity index (χ0n) is 19.0. The average Bonchev–Trinajstić information content (AvgIpc) is 2.80. The molecule has 1 aliphatic rings. The zero-order valence-corrected chi connectivity index (χ0v) is 19.8. The topological polar surface area (TPSA) is 69.7 Å². The van der Waals surface area contributed by atoms with Crippen LogP contribution in [0.25, 0.3) is 0 Å².